The van der Waals surface area contributed by atoms with Gasteiger partial charge in [-0.05, 0) is 59.8 Å². The van der Waals surface area contributed by atoms with E-state index in [-0.39, 0.29) is 17.6 Å². The molecule has 108 valence electrons. The van der Waals surface area contributed by atoms with Gasteiger partial charge < -0.3 is 5.32 Å². The molecule has 1 aliphatic heterocycles. The van der Waals surface area contributed by atoms with Crippen LogP contribution in [0.3, 0.4) is 0 Å². The lowest BCUT2D eigenvalue weighted by Gasteiger charge is -2.30. The average Bonchev–Trinajstić information content (AvgIpc) is 2.82. The Kier molecular flexibility index (Phi) is 3.03. The van der Waals surface area contributed by atoms with E-state index in [4.69, 9.17) is 0 Å². The van der Waals surface area contributed by atoms with Crippen LogP contribution in [0.15, 0.2) is 42.5 Å². The van der Waals surface area contributed by atoms with Crippen LogP contribution in [-0.4, -0.2) is 13.1 Å². The minimum atomic E-state index is -0.210. The molecule has 0 spiro atoms. The highest BCUT2D eigenvalue weighted by Crippen LogP contribution is 2.51. The lowest BCUT2D eigenvalue weighted by Crippen LogP contribution is -2.34. The summed E-state index contributed by atoms with van der Waals surface area (Å²) in [5, 5.41) is 3.42. The van der Waals surface area contributed by atoms with Crippen molar-refractivity contribution in [3.63, 3.8) is 0 Å². The minimum absolute atomic E-state index is 0.169. The minimum Gasteiger partial charge on any atom is -0.316 e. The molecule has 3 heteroatoms. The maximum absolute atomic E-state index is 13.6. The predicted octanol–water partition coefficient (Wildman–Crippen LogP) is 3.80. The van der Waals surface area contributed by atoms with Crippen LogP contribution in [0.2, 0.25) is 0 Å². The molecule has 1 unspecified atom stereocenters. The number of hydrogen-bond acceptors (Lipinski definition) is 1. The molecule has 0 bridgehead atoms. The first-order valence-corrected chi connectivity index (χ1v) is 7.49. The monoisotopic (exact) mass is 285 g/mol. The Bertz CT molecular complexity index is 665. The summed E-state index contributed by atoms with van der Waals surface area (Å²) >= 11 is 0. The smallest absolute Gasteiger partial charge is 0.123 e. The largest absolute Gasteiger partial charge is 0.316 e. The Balaban J connectivity index is 1.84. The number of fused-ring (bicyclic) bond motifs is 3. The van der Waals surface area contributed by atoms with Gasteiger partial charge in [0.2, 0.25) is 0 Å². The highest BCUT2D eigenvalue weighted by Gasteiger charge is 2.42. The van der Waals surface area contributed by atoms with E-state index in [1.807, 2.05) is 18.2 Å². The third-order valence-corrected chi connectivity index (χ3v) is 4.98. The number of benzene rings is 2. The molecule has 1 aliphatic carbocycles. The zero-order valence-corrected chi connectivity index (χ0v) is 11.7. The number of halogens is 2. The van der Waals surface area contributed by atoms with Crippen LogP contribution in [0.4, 0.5) is 8.78 Å². The molecule has 0 amide bonds. The summed E-state index contributed by atoms with van der Waals surface area (Å²) in [6.45, 7) is 1.90. The van der Waals surface area contributed by atoms with Crippen LogP contribution in [0, 0.1) is 17.6 Å². The Labute approximate surface area is 123 Å². The average molecular weight is 285 g/mol. The van der Waals surface area contributed by atoms with Crippen LogP contribution in [0.5, 0.6) is 0 Å². The first-order valence-electron chi connectivity index (χ1n) is 7.49. The van der Waals surface area contributed by atoms with Crippen LogP contribution in [-0.2, 0) is 0 Å². The second-order valence-electron chi connectivity index (χ2n) is 6.07. The Morgan fingerprint density at radius 2 is 1.67 bits per heavy atom. The van der Waals surface area contributed by atoms with Crippen molar-refractivity contribution in [1.29, 1.82) is 0 Å². The third kappa shape index (κ3) is 2.07. The van der Waals surface area contributed by atoms with Crippen molar-refractivity contribution < 1.29 is 8.78 Å². The molecule has 1 nitrogen and oxygen atoms in total. The fourth-order valence-corrected chi connectivity index (χ4v) is 4.10. The summed E-state index contributed by atoms with van der Waals surface area (Å²) < 4.78 is 26.8. The van der Waals surface area contributed by atoms with Gasteiger partial charge in [0.05, 0.1) is 0 Å². The molecule has 0 aromatic heterocycles. The Hall–Kier alpha value is -1.74. The van der Waals surface area contributed by atoms with Crippen LogP contribution in [0.25, 0.3) is 0 Å². The van der Waals surface area contributed by atoms with E-state index in [0.29, 0.717) is 11.8 Å². The lowest BCUT2D eigenvalue weighted by atomic mass is 9.79. The molecule has 4 rings (SSSR count). The van der Waals surface area contributed by atoms with Crippen LogP contribution in [0.1, 0.15) is 34.9 Å². The molecule has 1 heterocycles. The maximum atomic E-state index is 13.6. The molecule has 2 aromatic rings. The third-order valence-electron chi connectivity index (χ3n) is 4.98. The molecule has 3 atom stereocenters. The molecule has 0 radical (unpaired) electrons. The van der Waals surface area contributed by atoms with E-state index in [9.17, 15) is 8.78 Å². The van der Waals surface area contributed by atoms with Crippen molar-refractivity contribution in [2.45, 2.75) is 18.3 Å². The zero-order chi connectivity index (χ0) is 14.4. The number of nitrogens with one attached hydrogen (secondary N) is 1. The van der Waals surface area contributed by atoms with E-state index in [0.717, 1.165) is 30.6 Å². The van der Waals surface area contributed by atoms with Crippen molar-refractivity contribution in [2.75, 3.05) is 13.1 Å². The molecular weight excluding hydrogens is 268 g/mol. The van der Waals surface area contributed by atoms with Crippen LogP contribution < -0.4 is 5.32 Å². The van der Waals surface area contributed by atoms with Gasteiger partial charge in [0.1, 0.15) is 11.6 Å². The van der Waals surface area contributed by atoms with E-state index in [1.54, 1.807) is 12.1 Å². The summed E-state index contributed by atoms with van der Waals surface area (Å²) in [6.07, 6.45) is 1.07. The highest BCUT2D eigenvalue weighted by atomic mass is 19.1. The first-order chi connectivity index (χ1) is 10.2. The van der Waals surface area contributed by atoms with Gasteiger partial charge in [-0.1, -0.05) is 18.2 Å². The summed E-state index contributed by atoms with van der Waals surface area (Å²) in [4.78, 5) is 0. The van der Waals surface area contributed by atoms with E-state index >= 15 is 0 Å². The number of hydrogen-bond donors (Lipinski definition) is 1. The van der Waals surface area contributed by atoms with E-state index in [1.165, 1.54) is 17.7 Å². The summed E-state index contributed by atoms with van der Waals surface area (Å²) in [5.74, 6) is 0.720. The van der Waals surface area contributed by atoms with Crippen molar-refractivity contribution in [1.82, 2.24) is 5.32 Å². The second-order valence-corrected chi connectivity index (χ2v) is 6.07. The second kappa shape index (κ2) is 4.92. The first kappa shape index (κ1) is 13.0. The van der Waals surface area contributed by atoms with E-state index in [2.05, 4.69) is 5.32 Å². The summed E-state index contributed by atoms with van der Waals surface area (Å²) in [5.41, 5.74) is 3.47. The van der Waals surface area contributed by atoms with E-state index < -0.39 is 0 Å². The molecule has 21 heavy (non-hydrogen) atoms. The molecule has 1 saturated heterocycles. The highest BCUT2D eigenvalue weighted by molar-refractivity contribution is 5.47. The van der Waals surface area contributed by atoms with Gasteiger partial charge >= 0.3 is 0 Å². The normalized spacial score (nSPS) is 27.2. The van der Waals surface area contributed by atoms with Gasteiger partial charge in [0, 0.05) is 18.4 Å². The van der Waals surface area contributed by atoms with Crippen molar-refractivity contribution >= 4 is 0 Å². The zero-order valence-electron chi connectivity index (χ0n) is 11.7. The van der Waals surface area contributed by atoms with Gasteiger partial charge in [0.15, 0.2) is 0 Å². The molecule has 2 aromatic carbocycles. The van der Waals surface area contributed by atoms with Crippen molar-refractivity contribution in [3.05, 3.63) is 70.8 Å². The SMILES string of the molecule is Fc1ccc(C2c3ccc(F)cc3[C@H]3CNCC[C@H]23)cc1. The van der Waals surface area contributed by atoms with Crippen molar-refractivity contribution in [2.24, 2.45) is 5.92 Å². The van der Waals surface area contributed by atoms with Gasteiger partial charge in [-0.3, -0.25) is 0 Å². The fraction of sp³-hybridized carbons (Fsp3) is 0.333. The van der Waals surface area contributed by atoms with Gasteiger partial charge in [-0.25, -0.2) is 8.78 Å². The molecular formula is C18H17F2N. The lowest BCUT2D eigenvalue weighted by molar-refractivity contribution is 0.324. The fourth-order valence-electron chi connectivity index (χ4n) is 4.10. The Morgan fingerprint density at radius 1 is 0.905 bits per heavy atom. The topological polar surface area (TPSA) is 12.0 Å². The number of rotatable bonds is 1. The van der Waals surface area contributed by atoms with Gasteiger partial charge in [0.25, 0.3) is 0 Å². The summed E-state index contributed by atoms with van der Waals surface area (Å²) in [7, 11) is 0. The van der Waals surface area contributed by atoms with Gasteiger partial charge in [-0.15, -0.1) is 0 Å². The standard InChI is InChI=1S/C18H17F2N/c19-12-3-1-11(2-4-12)18-14-6-5-13(20)9-16(14)17-10-21-8-7-15(17)18/h1-6,9,15,17-18,21H,7-8,10H2/t15-,17-,18?/m0/s1. The maximum Gasteiger partial charge on any atom is 0.123 e. The number of piperidine rings is 1. The predicted molar refractivity (Wildman–Crippen MR) is 78.4 cm³/mol. The van der Waals surface area contributed by atoms with Crippen LogP contribution >= 0.6 is 0 Å². The quantitative estimate of drug-likeness (QED) is 0.840. The molecule has 2 aliphatic rings. The van der Waals surface area contributed by atoms with Gasteiger partial charge in [-0.2, -0.15) is 0 Å². The molecule has 1 fully saturated rings. The molecule has 1 N–H and O–H groups in total. The van der Waals surface area contributed by atoms with Crippen molar-refractivity contribution in [3.8, 4) is 0 Å². The summed E-state index contributed by atoms with van der Waals surface area (Å²) in [6, 6.07) is 11.9. The molecule has 0 saturated carbocycles. The Morgan fingerprint density at radius 3 is 2.48 bits per heavy atom.